The van der Waals surface area contributed by atoms with Crippen molar-refractivity contribution in [2.75, 3.05) is 19.6 Å². The van der Waals surface area contributed by atoms with Gasteiger partial charge in [-0.2, -0.15) is 0 Å². The average Bonchev–Trinajstić information content (AvgIpc) is 3.00. The molecule has 1 saturated heterocycles. The zero-order valence-electron chi connectivity index (χ0n) is 14.3. The smallest absolute Gasteiger partial charge is 0.315 e. The molecule has 0 spiro atoms. The van der Waals surface area contributed by atoms with E-state index >= 15 is 0 Å². The molecule has 0 saturated carbocycles. The van der Waals surface area contributed by atoms with E-state index in [4.69, 9.17) is 10.2 Å². The van der Waals surface area contributed by atoms with Crippen molar-refractivity contribution in [2.24, 2.45) is 5.73 Å². The van der Waals surface area contributed by atoms with E-state index in [-0.39, 0.29) is 30.6 Å². The average molecular weight is 344 g/mol. The molecule has 3 amide bonds. The highest BCUT2D eigenvalue weighted by atomic mass is 16.3. The lowest BCUT2D eigenvalue weighted by atomic mass is 10.1. The number of carbonyl (C=O) groups is 2. The number of nitrogens with zero attached hydrogens (tertiary/aromatic N) is 1. The summed E-state index contributed by atoms with van der Waals surface area (Å²) in [6, 6.07) is 9.39. The molecule has 3 rings (SSSR count). The number of amides is 3. The Hall–Kier alpha value is -2.54. The summed E-state index contributed by atoms with van der Waals surface area (Å²) in [6.45, 7) is 3.69. The topological polar surface area (TPSA) is 101 Å². The Morgan fingerprint density at radius 2 is 2.04 bits per heavy atom. The Morgan fingerprint density at radius 1 is 1.32 bits per heavy atom. The molecule has 1 aliphatic heterocycles. The van der Waals surface area contributed by atoms with E-state index in [1.807, 2.05) is 42.2 Å². The molecule has 1 atom stereocenters. The summed E-state index contributed by atoms with van der Waals surface area (Å²) in [5.74, 6) is 0.413. The van der Waals surface area contributed by atoms with Crippen LogP contribution in [-0.2, 0) is 4.79 Å². The number of hydrogen-bond acceptors (Lipinski definition) is 4. The first-order valence-corrected chi connectivity index (χ1v) is 8.57. The lowest BCUT2D eigenvalue weighted by Crippen LogP contribution is -2.49. The third kappa shape index (κ3) is 4.51. The molecule has 1 aromatic carbocycles. The van der Waals surface area contributed by atoms with Gasteiger partial charge in [0.1, 0.15) is 11.3 Å². The second-order valence-corrected chi connectivity index (χ2v) is 6.54. The first-order valence-electron chi connectivity index (χ1n) is 8.57. The molecule has 134 valence electrons. The van der Waals surface area contributed by atoms with Crippen LogP contribution in [0.2, 0.25) is 0 Å². The standard InChI is InChI=1S/C18H24N4O3/c1-12(16-10-13-4-2-3-5-15(13)25-16)20-18(24)21-14-6-8-22(9-7-14)11-17(19)23/h2-5,10,12,14H,6-9,11H2,1H3,(H2,19,23)(H2,20,21,24)/t12-/m0/s1. The quantitative estimate of drug-likeness (QED) is 0.769. The van der Waals surface area contributed by atoms with Crippen LogP contribution in [0.4, 0.5) is 4.79 Å². The number of urea groups is 1. The number of rotatable bonds is 5. The maximum atomic E-state index is 12.2. The van der Waals surface area contributed by atoms with Crippen molar-refractivity contribution < 1.29 is 14.0 Å². The van der Waals surface area contributed by atoms with Gasteiger partial charge >= 0.3 is 6.03 Å². The number of primary amides is 1. The van der Waals surface area contributed by atoms with Crippen LogP contribution in [0.15, 0.2) is 34.7 Å². The van der Waals surface area contributed by atoms with E-state index in [0.717, 1.165) is 42.7 Å². The molecule has 25 heavy (non-hydrogen) atoms. The molecular formula is C18H24N4O3. The molecule has 2 heterocycles. The highest BCUT2D eigenvalue weighted by Crippen LogP contribution is 2.23. The van der Waals surface area contributed by atoms with Crippen molar-refractivity contribution in [3.05, 3.63) is 36.1 Å². The summed E-state index contributed by atoms with van der Waals surface area (Å²) in [4.78, 5) is 25.2. The first kappa shape index (κ1) is 17.3. The summed E-state index contributed by atoms with van der Waals surface area (Å²) in [5, 5.41) is 6.93. The third-order valence-corrected chi connectivity index (χ3v) is 4.52. The summed E-state index contributed by atoms with van der Waals surface area (Å²) >= 11 is 0. The van der Waals surface area contributed by atoms with Crippen molar-refractivity contribution in [1.29, 1.82) is 0 Å². The summed E-state index contributed by atoms with van der Waals surface area (Å²) in [6.07, 6.45) is 1.61. The molecule has 0 aliphatic carbocycles. The van der Waals surface area contributed by atoms with Gasteiger partial charge in [-0.3, -0.25) is 9.69 Å². The van der Waals surface area contributed by atoms with E-state index in [1.165, 1.54) is 0 Å². The van der Waals surface area contributed by atoms with Gasteiger partial charge in [0.2, 0.25) is 5.91 Å². The lowest BCUT2D eigenvalue weighted by Gasteiger charge is -2.31. The normalized spacial score (nSPS) is 17.3. The second kappa shape index (κ2) is 7.57. The first-order chi connectivity index (χ1) is 12.0. The predicted molar refractivity (Wildman–Crippen MR) is 95.0 cm³/mol. The SMILES string of the molecule is C[C@H](NC(=O)NC1CCN(CC(N)=O)CC1)c1cc2ccccc2o1. The monoisotopic (exact) mass is 344 g/mol. The van der Waals surface area contributed by atoms with Gasteiger partial charge in [-0.25, -0.2) is 4.79 Å². The Kier molecular flexibility index (Phi) is 5.23. The Balaban J connectivity index is 1.48. The highest BCUT2D eigenvalue weighted by molar-refractivity contribution is 5.78. The highest BCUT2D eigenvalue weighted by Gasteiger charge is 2.22. The largest absolute Gasteiger partial charge is 0.459 e. The number of benzene rings is 1. The molecule has 2 aromatic rings. The number of fused-ring (bicyclic) bond motifs is 1. The lowest BCUT2D eigenvalue weighted by molar-refractivity contribution is -0.119. The van der Waals surface area contributed by atoms with Crippen molar-refractivity contribution in [3.63, 3.8) is 0 Å². The van der Waals surface area contributed by atoms with Gasteiger partial charge in [0.25, 0.3) is 0 Å². The van der Waals surface area contributed by atoms with Crippen molar-refractivity contribution in [3.8, 4) is 0 Å². The summed E-state index contributed by atoms with van der Waals surface area (Å²) < 4.78 is 5.78. The number of hydrogen-bond donors (Lipinski definition) is 3. The number of furan rings is 1. The van der Waals surface area contributed by atoms with E-state index < -0.39 is 0 Å². The minimum Gasteiger partial charge on any atom is -0.459 e. The van der Waals surface area contributed by atoms with Crippen molar-refractivity contribution in [2.45, 2.75) is 31.8 Å². The van der Waals surface area contributed by atoms with Crippen LogP contribution >= 0.6 is 0 Å². The fourth-order valence-electron chi connectivity index (χ4n) is 3.17. The molecular weight excluding hydrogens is 320 g/mol. The van der Waals surface area contributed by atoms with E-state index in [9.17, 15) is 9.59 Å². The minimum absolute atomic E-state index is 0.104. The number of nitrogens with two attached hydrogens (primary N) is 1. The van der Waals surface area contributed by atoms with Gasteiger partial charge in [0, 0.05) is 24.5 Å². The van der Waals surface area contributed by atoms with Crippen LogP contribution in [0.25, 0.3) is 11.0 Å². The van der Waals surface area contributed by atoms with Crippen LogP contribution in [-0.4, -0.2) is 42.5 Å². The molecule has 0 bridgehead atoms. The third-order valence-electron chi connectivity index (χ3n) is 4.52. The van der Waals surface area contributed by atoms with Crippen LogP contribution < -0.4 is 16.4 Å². The van der Waals surface area contributed by atoms with E-state index in [2.05, 4.69) is 10.6 Å². The molecule has 0 unspecified atom stereocenters. The molecule has 4 N–H and O–H groups in total. The molecule has 1 aliphatic rings. The Bertz CT molecular complexity index is 717. The van der Waals surface area contributed by atoms with Gasteiger partial charge < -0.3 is 20.8 Å². The number of nitrogens with one attached hydrogen (secondary N) is 2. The minimum atomic E-state index is -0.316. The predicted octanol–water partition coefficient (Wildman–Crippen LogP) is 1.74. The Labute approximate surface area is 146 Å². The summed E-state index contributed by atoms with van der Waals surface area (Å²) in [5.41, 5.74) is 6.02. The zero-order valence-corrected chi connectivity index (χ0v) is 14.3. The maximum Gasteiger partial charge on any atom is 0.315 e. The van der Waals surface area contributed by atoms with Gasteiger partial charge in [-0.05, 0) is 31.9 Å². The van der Waals surface area contributed by atoms with Crippen LogP contribution in [0, 0.1) is 0 Å². The molecule has 0 radical (unpaired) electrons. The van der Waals surface area contributed by atoms with Gasteiger partial charge in [-0.15, -0.1) is 0 Å². The number of para-hydroxylation sites is 1. The Morgan fingerprint density at radius 3 is 2.72 bits per heavy atom. The van der Waals surface area contributed by atoms with Gasteiger partial charge in [0.15, 0.2) is 0 Å². The van der Waals surface area contributed by atoms with Crippen LogP contribution in [0.5, 0.6) is 0 Å². The fourth-order valence-corrected chi connectivity index (χ4v) is 3.17. The fraction of sp³-hybridized carbons (Fsp3) is 0.444. The summed E-state index contributed by atoms with van der Waals surface area (Å²) in [7, 11) is 0. The van der Waals surface area contributed by atoms with E-state index in [1.54, 1.807) is 0 Å². The van der Waals surface area contributed by atoms with Crippen molar-refractivity contribution >= 4 is 22.9 Å². The number of piperidine rings is 1. The maximum absolute atomic E-state index is 12.2. The van der Waals surface area contributed by atoms with Crippen LogP contribution in [0.1, 0.15) is 31.6 Å². The second-order valence-electron chi connectivity index (χ2n) is 6.54. The van der Waals surface area contributed by atoms with Gasteiger partial charge in [-0.1, -0.05) is 18.2 Å². The van der Waals surface area contributed by atoms with Gasteiger partial charge in [0.05, 0.1) is 12.6 Å². The number of likely N-dealkylation sites (tertiary alicyclic amines) is 1. The zero-order chi connectivity index (χ0) is 17.8. The molecule has 7 heteroatoms. The molecule has 7 nitrogen and oxygen atoms in total. The van der Waals surface area contributed by atoms with Crippen LogP contribution in [0.3, 0.4) is 0 Å². The van der Waals surface area contributed by atoms with Crippen molar-refractivity contribution in [1.82, 2.24) is 15.5 Å². The van der Waals surface area contributed by atoms with E-state index in [0.29, 0.717) is 0 Å². The molecule has 1 fully saturated rings. The molecule has 1 aromatic heterocycles. The number of carbonyl (C=O) groups excluding carboxylic acids is 2.